The van der Waals surface area contributed by atoms with E-state index in [-0.39, 0.29) is 10.6 Å². The molecular weight excluding hydrogens is 297 g/mol. The molecule has 1 N–H and O–H groups in total. The van der Waals surface area contributed by atoms with Crippen LogP contribution >= 0.6 is 0 Å². The molecule has 0 radical (unpaired) electrons. The van der Waals surface area contributed by atoms with E-state index in [2.05, 4.69) is 9.46 Å². The summed E-state index contributed by atoms with van der Waals surface area (Å²) in [4.78, 5) is 0.0413. The van der Waals surface area contributed by atoms with Gasteiger partial charge in [-0.05, 0) is 36.4 Å². The summed E-state index contributed by atoms with van der Waals surface area (Å²) < 4.78 is 48.7. The largest absolute Gasteiger partial charge is 0.495 e. The number of benzene rings is 2. The maximum atomic E-state index is 12.3. The Morgan fingerprint density at radius 2 is 1.76 bits per heavy atom. The van der Waals surface area contributed by atoms with Crippen molar-refractivity contribution in [2.45, 2.75) is 4.90 Å². The molecule has 0 saturated carbocycles. The number of halogens is 1. The molecule has 0 aliphatic carbocycles. The Morgan fingerprint density at radius 3 is 2.38 bits per heavy atom. The second-order valence-electron chi connectivity index (χ2n) is 4.03. The minimum atomic E-state index is -3.76. The van der Waals surface area contributed by atoms with E-state index < -0.39 is 16.9 Å². The van der Waals surface area contributed by atoms with Gasteiger partial charge in [-0.1, -0.05) is 12.1 Å². The number of nitrogens with one attached hydrogen (secondary N) is 1. The van der Waals surface area contributed by atoms with Gasteiger partial charge in [-0.15, -0.1) is 0 Å². The van der Waals surface area contributed by atoms with Crippen LogP contribution in [-0.4, -0.2) is 22.4 Å². The molecule has 0 unspecified atom stereocenters. The van der Waals surface area contributed by atoms with Crippen LogP contribution in [0, 0.1) is 0 Å². The fourth-order valence-electron chi connectivity index (χ4n) is 1.71. The number of rotatable bonds is 6. The molecule has 0 spiro atoms. The molecule has 112 valence electrons. The fraction of sp³-hybridized carbons (Fsp3) is 0.143. The Hall–Kier alpha value is -2.28. The van der Waals surface area contributed by atoms with E-state index >= 15 is 0 Å². The highest BCUT2D eigenvalue weighted by molar-refractivity contribution is 7.92. The summed E-state index contributed by atoms with van der Waals surface area (Å²) in [5, 5.41) is 0. The molecule has 7 heteroatoms. The normalized spacial score (nSPS) is 11.0. The smallest absolute Gasteiger partial charge is 0.262 e. The number of para-hydroxylation sites is 2. The lowest BCUT2D eigenvalue weighted by Crippen LogP contribution is -2.13. The SMILES string of the molecule is COc1ccccc1NS(=O)(=O)c1ccc(OCF)cc1. The number of methoxy groups -OCH3 is 1. The van der Waals surface area contributed by atoms with Gasteiger partial charge in [0.2, 0.25) is 6.86 Å². The highest BCUT2D eigenvalue weighted by atomic mass is 32.2. The van der Waals surface area contributed by atoms with Crippen molar-refractivity contribution in [1.82, 2.24) is 0 Å². The van der Waals surface area contributed by atoms with Crippen molar-refractivity contribution >= 4 is 15.7 Å². The van der Waals surface area contributed by atoms with E-state index in [0.29, 0.717) is 11.4 Å². The van der Waals surface area contributed by atoms with Crippen LogP contribution in [0.15, 0.2) is 53.4 Å². The van der Waals surface area contributed by atoms with Gasteiger partial charge >= 0.3 is 0 Å². The van der Waals surface area contributed by atoms with E-state index in [1.165, 1.54) is 31.4 Å². The number of hydrogen-bond acceptors (Lipinski definition) is 4. The quantitative estimate of drug-likeness (QED) is 0.891. The van der Waals surface area contributed by atoms with Crippen molar-refractivity contribution in [2.75, 3.05) is 18.7 Å². The molecule has 0 aliphatic heterocycles. The zero-order valence-corrected chi connectivity index (χ0v) is 12.1. The molecule has 0 atom stereocenters. The average Bonchev–Trinajstić information content (AvgIpc) is 2.48. The minimum Gasteiger partial charge on any atom is -0.495 e. The lowest BCUT2D eigenvalue weighted by Gasteiger charge is -2.11. The second-order valence-corrected chi connectivity index (χ2v) is 5.71. The highest BCUT2D eigenvalue weighted by Gasteiger charge is 2.16. The average molecular weight is 311 g/mol. The van der Waals surface area contributed by atoms with Crippen LogP contribution in [0.4, 0.5) is 10.1 Å². The standard InChI is InChI=1S/C14H14FNO4S/c1-19-14-5-3-2-4-13(14)16-21(17,18)12-8-6-11(7-9-12)20-10-15/h2-9,16H,10H2,1H3. The summed E-state index contributed by atoms with van der Waals surface area (Å²) >= 11 is 0. The van der Waals surface area contributed by atoms with Crippen molar-refractivity contribution in [1.29, 1.82) is 0 Å². The third-order valence-corrected chi connectivity index (χ3v) is 4.09. The van der Waals surface area contributed by atoms with Crippen LogP contribution in [0.5, 0.6) is 11.5 Å². The summed E-state index contributed by atoms with van der Waals surface area (Å²) in [6.07, 6.45) is 0. The van der Waals surface area contributed by atoms with Crippen LogP contribution in [0.1, 0.15) is 0 Å². The molecule has 2 aromatic carbocycles. The Balaban J connectivity index is 2.25. The van der Waals surface area contributed by atoms with Crippen LogP contribution in [0.25, 0.3) is 0 Å². The molecule has 0 heterocycles. The van der Waals surface area contributed by atoms with Crippen molar-refractivity contribution < 1.29 is 22.3 Å². The van der Waals surface area contributed by atoms with Gasteiger partial charge in [-0.3, -0.25) is 4.72 Å². The topological polar surface area (TPSA) is 64.6 Å². The zero-order valence-electron chi connectivity index (χ0n) is 11.2. The summed E-state index contributed by atoms with van der Waals surface area (Å²) in [6.45, 7) is -0.967. The Labute approximate surface area is 122 Å². The first-order valence-electron chi connectivity index (χ1n) is 6.01. The number of anilines is 1. The van der Waals surface area contributed by atoms with Gasteiger partial charge in [0.05, 0.1) is 17.7 Å². The predicted molar refractivity (Wildman–Crippen MR) is 76.8 cm³/mol. The molecule has 0 bridgehead atoms. The third kappa shape index (κ3) is 3.63. The van der Waals surface area contributed by atoms with E-state index in [0.717, 1.165) is 0 Å². The van der Waals surface area contributed by atoms with Crippen LogP contribution in [0.3, 0.4) is 0 Å². The van der Waals surface area contributed by atoms with Crippen LogP contribution in [-0.2, 0) is 10.0 Å². The van der Waals surface area contributed by atoms with Gasteiger partial charge in [0, 0.05) is 0 Å². The lowest BCUT2D eigenvalue weighted by molar-refractivity contribution is 0.191. The molecule has 21 heavy (non-hydrogen) atoms. The molecule has 2 rings (SSSR count). The van der Waals surface area contributed by atoms with E-state index in [4.69, 9.17) is 4.74 Å². The minimum absolute atomic E-state index is 0.0413. The van der Waals surface area contributed by atoms with Crippen molar-refractivity contribution in [2.24, 2.45) is 0 Å². The monoisotopic (exact) mass is 311 g/mol. The van der Waals surface area contributed by atoms with E-state index in [9.17, 15) is 12.8 Å². The second kappa shape index (κ2) is 6.45. The first-order chi connectivity index (χ1) is 10.1. The Morgan fingerprint density at radius 1 is 1.10 bits per heavy atom. The Bertz CT molecular complexity index is 701. The zero-order chi connectivity index (χ0) is 15.3. The first kappa shape index (κ1) is 15.1. The number of hydrogen-bond donors (Lipinski definition) is 1. The molecule has 0 aromatic heterocycles. The highest BCUT2D eigenvalue weighted by Crippen LogP contribution is 2.26. The molecule has 0 amide bonds. The van der Waals surface area contributed by atoms with Gasteiger partial charge in [-0.2, -0.15) is 0 Å². The van der Waals surface area contributed by atoms with Crippen LogP contribution in [0.2, 0.25) is 0 Å². The molecule has 2 aromatic rings. The van der Waals surface area contributed by atoms with Gasteiger partial charge in [0.25, 0.3) is 10.0 Å². The van der Waals surface area contributed by atoms with Crippen molar-refractivity contribution in [3.63, 3.8) is 0 Å². The molecule has 0 fully saturated rings. The number of alkyl halides is 1. The summed E-state index contributed by atoms with van der Waals surface area (Å²) in [5.74, 6) is 0.673. The summed E-state index contributed by atoms with van der Waals surface area (Å²) in [5.41, 5.74) is 0.337. The van der Waals surface area contributed by atoms with E-state index in [1.807, 2.05) is 0 Å². The molecule has 0 saturated heterocycles. The number of sulfonamides is 1. The number of ether oxygens (including phenoxy) is 2. The van der Waals surface area contributed by atoms with Crippen molar-refractivity contribution in [3.8, 4) is 11.5 Å². The molecular formula is C14H14FNO4S. The molecule has 5 nitrogen and oxygen atoms in total. The summed E-state index contributed by atoms with van der Waals surface area (Å²) in [6, 6.07) is 12.1. The fourth-order valence-corrected chi connectivity index (χ4v) is 2.78. The third-order valence-electron chi connectivity index (χ3n) is 2.71. The maximum absolute atomic E-state index is 12.3. The van der Waals surface area contributed by atoms with Gasteiger partial charge in [-0.25, -0.2) is 12.8 Å². The molecule has 0 aliphatic rings. The van der Waals surface area contributed by atoms with Crippen LogP contribution < -0.4 is 14.2 Å². The maximum Gasteiger partial charge on any atom is 0.262 e. The van der Waals surface area contributed by atoms with Gasteiger partial charge < -0.3 is 9.47 Å². The summed E-state index contributed by atoms with van der Waals surface area (Å²) in [7, 11) is -2.30. The van der Waals surface area contributed by atoms with Gasteiger partial charge in [0.15, 0.2) is 0 Å². The van der Waals surface area contributed by atoms with E-state index in [1.54, 1.807) is 24.3 Å². The predicted octanol–water partition coefficient (Wildman–Crippen LogP) is 2.80. The first-order valence-corrected chi connectivity index (χ1v) is 7.50. The van der Waals surface area contributed by atoms with Gasteiger partial charge in [0.1, 0.15) is 11.5 Å². The van der Waals surface area contributed by atoms with Crippen molar-refractivity contribution in [3.05, 3.63) is 48.5 Å². The lowest BCUT2D eigenvalue weighted by atomic mass is 10.3. The Kier molecular flexibility index (Phi) is 4.64.